The molecule has 0 spiro atoms. The Kier molecular flexibility index (Phi) is 10.0. The number of carbonyl (C=O) groups excluding carboxylic acids is 2. The summed E-state index contributed by atoms with van der Waals surface area (Å²) in [7, 11) is 3.34. The van der Waals surface area contributed by atoms with Crippen LogP contribution in [0.15, 0.2) is 24.4 Å². The Bertz CT molecular complexity index is 1210. The summed E-state index contributed by atoms with van der Waals surface area (Å²) in [6.07, 6.45) is 6.38. The summed E-state index contributed by atoms with van der Waals surface area (Å²) in [5, 5.41) is 6.46. The molecule has 0 saturated heterocycles. The van der Waals surface area contributed by atoms with Crippen LogP contribution >= 0.6 is 0 Å². The van der Waals surface area contributed by atoms with Gasteiger partial charge >= 0.3 is 0 Å². The van der Waals surface area contributed by atoms with E-state index in [-0.39, 0.29) is 29.9 Å². The molecule has 11 heteroatoms. The molecule has 41 heavy (non-hydrogen) atoms. The van der Waals surface area contributed by atoms with Crippen LogP contribution in [0.5, 0.6) is 5.75 Å². The highest BCUT2D eigenvalue weighted by atomic mass is 16.5. The predicted octanol–water partition coefficient (Wildman–Crippen LogP) is 3.52. The van der Waals surface area contributed by atoms with E-state index in [0.717, 1.165) is 38.8 Å². The van der Waals surface area contributed by atoms with Gasteiger partial charge in [-0.25, -0.2) is 4.98 Å². The maximum atomic E-state index is 13.1. The molecule has 1 saturated carbocycles. The zero-order valence-electron chi connectivity index (χ0n) is 25.3. The third-order valence-electron chi connectivity index (χ3n) is 8.33. The van der Waals surface area contributed by atoms with E-state index >= 15 is 0 Å². The molecule has 1 fully saturated rings. The Hall–Kier alpha value is -3.44. The zero-order valence-corrected chi connectivity index (χ0v) is 25.3. The Balaban J connectivity index is 1.46. The Morgan fingerprint density at radius 3 is 2.56 bits per heavy atom. The summed E-state index contributed by atoms with van der Waals surface area (Å²) in [6.45, 7) is 10.9. The van der Waals surface area contributed by atoms with Crippen LogP contribution in [-0.4, -0.2) is 84.6 Å². The average molecular weight is 567 g/mol. The number of nitrogens with zero attached hydrogens (tertiary/aromatic N) is 5. The highest BCUT2D eigenvalue weighted by Gasteiger charge is 2.38. The second-order valence-electron chi connectivity index (χ2n) is 11.2. The summed E-state index contributed by atoms with van der Waals surface area (Å²) in [5.74, 6) is 1.54. The number of rotatable bonds is 11. The first-order chi connectivity index (χ1) is 19.7. The number of carbonyl (C=O) groups is 2. The molecular formula is C30H46N8O3. The van der Waals surface area contributed by atoms with E-state index in [1.165, 1.54) is 0 Å². The van der Waals surface area contributed by atoms with E-state index in [9.17, 15) is 9.59 Å². The molecule has 1 aliphatic heterocycles. The predicted molar refractivity (Wildman–Crippen MR) is 163 cm³/mol. The fraction of sp³-hybridized carbons (Fsp3) is 0.600. The Labute approximate surface area is 243 Å². The van der Waals surface area contributed by atoms with Crippen LogP contribution in [-0.2, 0) is 4.79 Å². The van der Waals surface area contributed by atoms with E-state index in [1.807, 2.05) is 13.0 Å². The van der Waals surface area contributed by atoms with Crippen molar-refractivity contribution in [3.05, 3.63) is 30.0 Å². The zero-order chi connectivity index (χ0) is 29.7. The van der Waals surface area contributed by atoms with Crippen molar-refractivity contribution in [2.24, 2.45) is 5.73 Å². The van der Waals surface area contributed by atoms with Crippen LogP contribution in [0.4, 0.5) is 23.1 Å². The molecule has 0 bridgehead atoms. The van der Waals surface area contributed by atoms with Gasteiger partial charge in [-0.3, -0.25) is 14.5 Å². The molecule has 1 aromatic carbocycles. The number of hydrogen-bond acceptors (Lipinski definition) is 9. The largest absolute Gasteiger partial charge is 0.495 e. The highest BCUT2D eigenvalue weighted by molar-refractivity contribution is 6.04. The highest BCUT2D eigenvalue weighted by Crippen LogP contribution is 2.37. The molecule has 11 nitrogen and oxygen atoms in total. The smallest absolute Gasteiger partial charge is 0.251 e. The lowest BCUT2D eigenvalue weighted by Gasteiger charge is -2.42. The molecule has 2 heterocycles. The van der Waals surface area contributed by atoms with Crippen molar-refractivity contribution < 1.29 is 14.3 Å². The van der Waals surface area contributed by atoms with E-state index in [1.54, 1.807) is 37.4 Å². The minimum absolute atomic E-state index is 0.0381. The third-order valence-corrected chi connectivity index (χ3v) is 8.33. The van der Waals surface area contributed by atoms with Crippen LogP contribution in [0.3, 0.4) is 0 Å². The molecule has 1 atom stereocenters. The van der Waals surface area contributed by atoms with E-state index in [0.29, 0.717) is 53.5 Å². The summed E-state index contributed by atoms with van der Waals surface area (Å²) in [5.41, 5.74) is 7.63. The number of anilines is 4. The molecule has 4 rings (SSSR count). The van der Waals surface area contributed by atoms with Gasteiger partial charge < -0.3 is 30.9 Å². The molecule has 1 aromatic heterocycles. The number of benzene rings is 1. The molecule has 1 aliphatic carbocycles. The first-order valence-electron chi connectivity index (χ1n) is 14.8. The number of nitrogens with one attached hydrogen (secondary N) is 2. The number of amides is 2. The maximum absolute atomic E-state index is 13.1. The second kappa shape index (κ2) is 13.5. The van der Waals surface area contributed by atoms with Crippen molar-refractivity contribution in [2.75, 3.05) is 48.9 Å². The number of methoxy groups -OCH3 is 1. The lowest BCUT2D eigenvalue weighted by Crippen LogP contribution is -2.54. The Morgan fingerprint density at radius 1 is 1.22 bits per heavy atom. The van der Waals surface area contributed by atoms with E-state index < -0.39 is 0 Å². The monoisotopic (exact) mass is 566 g/mol. The molecule has 2 amide bonds. The minimum atomic E-state index is -0.283. The number of nitrogens with two attached hydrogens (primary N) is 1. The van der Waals surface area contributed by atoms with Crippen LogP contribution in [0.1, 0.15) is 70.2 Å². The number of hydrogen-bond donors (Lipinski definition) is 3. The summed E-state index contributed by atoms with van der Waals surface area (Å²) >= 11 is 0. The number of ether oxygens (including phenoxy) is 1. The van der Waals surface area contributed by atoms with Gasteiger partial charge in [-0.1, -0.05) is 13.8 Å². The minimum Gasteiger partial charge on any atom is -0.495 e. The van der Waals surface area contributed by atoms with Crippen molar-refractivity contribution in [3.8, 4) is 5.75 Å². The molecule has 2 aliphatic rings. The second-order valence-corrected chi connectivity index (χ2v) is 11.2. The van der Waals surface area contributed by atoms with Gasteiger partial charge in [0, 0.05) is 43.8 Å². The molecule has 1 unspecified atom stereocenters. The van der Waals surface area contributed by atoms with Gasteiger partial charge in [-0.2, -0.15) is 4.98 Å². The van der Waals surface area contributed by atoms with Crippen molar-refractivity contribution in [2.45, 2.75) is 84.0 Å². The van der Waals surface area contributed by atoms with Gasteiger partial charge in [0.2, 0.25) is 11.9 Å². The molecule has 224 valence electrons. The number of aromatic nitrogens is 2. The Morgan fingerprint density at radius 2 is 1.95 bits per heavy atom. The van der Waals surface area contributed by atoms with E-state index in [4.69, 9.17) is 15.5 Å². The van der Waals surface area contributed by atoms with Gasteiger partial charge in [0.15, 0.2) is 5.82 Å². The summed E-state index contributed by atoms with van der Waals surface area (Å²) in [4.78, 5) is 41.5. The summed E-state index contributed by atoms with van der Waals surface area (Å²) < 4.78 is 5.63. The SMILES string of the molecule is CCC1C(=O)N(C)c2cnc(Nc3ccc(C(=O)NC4CCC(N(CC)CCN)CC4)cc3OC)nc2N1C(C)C. The van der Waals surface area contributed by atoms with Gasteiger partial charge in [0.05, 0.1) is 19.0 Å². The van der Waals surface area contributed by atoms with Gasteiger partial charge in [0.25, 0.3) is 5.91 Å². The average Bonchev–Trinajstić information content (AvgIpc) is 2.97. The molecule has 0 radical (unpaired) electrons. The van der Waals surface area contributed by atoms with Crippen molar-refractivity contribution in [3.63, 3.8) is 0 Å². The van der Waals surface area contributed by atoms with Gasteiger partial charge in [0.1, 0.15) is 17.5 Å². The first kappa shape index (κ1) is 30.5. The lowest BCUT2D eigenvalue weighted by molar-refractivity contribution is -0.120. The quantitative estimate of drug-likeness (QED) is 0.374. The maximum Gasteiger partial charge on any atom is 0.251 e. The molecular weight excluding hydrogens is 520 g/mol. The molecule has 2 aromatic rings. The normalized spacial score (nSPS) is 20.8. The van der Waals surface area contributed by atoms with Gasteiger partial charge in [-0.15, -0.1) is 0 Å². The third kappa shape index (κ3) is 6.56. The number of fused-ring (bicyclic) bond motifs is 1. The topological polar surface area (TPSA) is 129 Å². The van der Waals surface area contributed by atoms with Crippen molar-refractivity contribution >= 4 is 35.0 Å². The van der Waals surface area contributed by atoms with Crippen LogP contribution < -0.4 is 30.9 Å². The summed E-state index contributed by atoms with van der Waals surface area (Å²) in [6, 6.07) is 5.82. The van der Waals surface area contributed by atoms with Crippen LogP contribution in [0.2, 0.25) is 0 Å². The lowest BCUT2D eigenvalue weighted by atomic mass is 9.90. The number of likely N-dealkylation sites (N-methyl/N-ethyl adjacent to an activating group) is 2. The van der Waals surface area contributed by atoms with Crippen molar-refractivity contribution in [1.29, 1.82) is 0 Å². The fourth-order valence-corrected chi connectivity index (χ4v) is 6.11. The van der Waals surface area contributed by atoms with Crippen LogP contribution in [0, 0.1) is 0 Å². The fourth-order valence-electron chi connectivity index (χ4n) is 6.11. The van der Waals surface area contributed by atoms with Gasteiger partial charge in [-0.05, 0) is 70.7 Å². The standard InChI is InChI=1S/C30H46N8O3/c1-7-24-29(40)36(5)25-18-32-30(35-27(25)38(24)19(3)4)34-23-14-9-20(17-26(23)41-6)28(39)33-21-10-12-22(13-11-21)37(8-2)16-15-31/h9,14,17-19,21-22,24H,7-8,10-13,15-16,31H2,1-6H3,(H,33,39)(H,32,34,35). The van der Waals surface area contributed by atoms with Crippen LogP contribution in [0.25, 0.3) is 0 Å². The van der Waals surface area contributed by atoms with Crippen molar-refractivity contribution in [1.82, 2.24) is 20.2 Å². The molecule has 4 N–H and O–H groups in total. The van der Waals surface area contributed by atoms with E-state index in [2.05, 4.69) is 46.2 Å². The first-order valence-corrected chi connectivity index (χ1v) is 14.8.